The number of ether oxygens (including phenoxy) is 2. The minimum absolute atomic E-state index is 0.0725. The third-order valence-electron chi connectivity index (χ3n) is 2.35. The molecule has 1 saturated heterocycles. The lowest BCUT2D eigenvalue weighted by Crippen LogP contribution is -2.41. The lowest BCUT2D eigenvalue weighted by Gasteiger charge is -2.30. The third kappa shape index (κ3) is 3.16. The van der Waals surface area contributed by atoms with Crippen LogP contribution in [0.4, 0.5) is 4.79 Å². The van der Waals surface area contributed by atoms with Gasteiger partial charge in [0.2, 0.25) is 0 Å². The van der Waals surface area contributed by atoms with Crippen molar-refractivity contribution in [1.82, 2.24) is 4.90 Å². The molecule has 14 heavy (non-hydrogen) atoms. The summed E-state index contributed by atoms with van der Waals surface area (Å²) in [5.41, 5.74) is 0. The zero-order chi connectivity index (χ0) is 10.4. The molecule has 0 spiro atoms. The molecule has 0 radical (unpaired) electrons. The molecule has 5 heteroatoms. The summed E-state index contributed by atoms with van der Waals surface area (Å²) < 4.78 is 9.98. The summed E-state index contributed by atoms with van der Waals surface area (Å²) in [6.45, 7) is 1.29. The van der Waals surface area contributed by atoms with E-state index in [4.69, 9.17) is 14.6 Å². The minimum atomic E-state index is -0.339. The van der Waals surface area contributed by atoms with E-state index in [9.17, 15) is 4.79 Å². The standard InChI is InChI=1S/C9H17NO4/c1-13-8-2-4-10(5-3-8)9(12)14-7-6-11/h8,11H,2-7H2,1H3. The Morgan fingerprint density at radius 3 is 2.64 bits per heavy atom. The maximum absolute atomic E-state index is 11.3. The zero-order valence-corrected chi connectivity index (χ0v) is 8.44. The monoisotopic (exact) mass is 203 g/mol. The molecule has 1 amide bonds. The summed E-state index contributed by atoms with van der Waals surface area (Å²) in [5.74, 6) is 0. The van der Waals surface area contributed by atoms with E-state index in [1.54, 1.807) is 12.0 Å². The molecule has 5 nitrogen and oxygen atoms in total. The Hall–Kier alpha value is -0.810. The predicted octanol–water partition coefficient (Wildman–Crippen LogP) is 0.226. The molecule has 0 atom stereocenters. The van der Waals surface area contributed by atoms with Crippen molar-refractivity contribution in [3.05, 3.63) is 0 Å². The number of aliphatic hydroxyl groups is 1. The minimum Gasteiger partial charge on any atom is -0.447 e. The van der Waals surface area contributed by atoms with Crippen LogP contribution in [0.3, 0.4) is 0 Å². The van der Waals surface area contributed by atoms with Crippen molar-refractivity contribution in [3.8, 4) is 0 Å². The lowest BCUT2D eigenvalue weighted by molar-refractivity contribution is 0.0298. The van der Waals surface area contributed by atoms with Gasteiger partial charge in [0.15, 0.2) is 0 Å². The quantitative estimate of drug-likeness (QED) is 0.713. The van der Waals surface area contributed by atoms with Crippen LogP contribution >= 0.6 is 0 Å². The van der Waals surface area contributed by atoms with Crippen molar-refractivity contribution in [3.63, 3.8) is 0 Å². The summed E-state index contributed by atoms with van der Waals surface area (Å²) in [5, 5.41) is 8.48. The zero-order valence-electron chi connectivity index (χ0n) is 8.44. The van der Waals surface area contributed by atoms with Gasteiger partial charge in [-0.15, -0.1) is 0 Å². The van der Waals surface area contributed by atoms with E-state index in [0.29, 0.717) is 13.1 Å². The van der Waals surface area contributed by atoms with Gasteiger partial charge < -0.3 is 19.5 Å². The summed E-state index contributed by atoms with van der Waals surface area (Å²) in [4.78, 5) is 12.9. The van der Waals surface area contributed by atoms with Crippen LogP contribution in [0.5, 0.6) is 0 Å². The summed E-state index contributed by atoms with van der Waals surface area (Å²) in [7, 11) is 1.68. The molecule has 82 valence electrons. The van der Waals surface area contributed by atoms with Gasteiger partial charge in [-0.05, 0) is 12.8 Å². The van der Waals surface area contributed by atoms with Crippen molar-refractivity contribution >= 4 is 6.09 Å². The fraction of sp³-hybridized carbons (Fsp3) is 0.889. The highest BCUT2D eigenvalue weighted by atomic mass is 16.6. The molecular formula is C9H17NO4. The first-order valence-electron chi connectivity index (χ1n) is 4.83. The van der Waals surface area contributed by atoms with E-state index in [-0.39, 0.29) is 25.4 Å². The summed E-state index contributed by atoms with van der Waals surface area (Å²) in [6, 6.07) is 0. The molecule has 1 N–H and O–H groups in total. The number of aliphatic hydroxyl groups excluding tert-OH is 1. The second kappa shape index (κ2) is 5.82. The Morgan fingerprint density at radius 2 is 2.14 bits per heavy atom. The van der Waals surface area contributed by atoms with Crippen LogP contribution in [0, 0.1) is 0 Å². The fourth-order valence-electron chi connectivity index (χ4n) is 1.50. The molecular weight excluding hydrogens is 186 g/mol. The molecule has 0 bridgehead atoms. The Labute approximate surface area is 83.6 Å². The van der Waals surface area contributed by atoms with Gasteiger partial charge in [0, 0.05) is 20.2 Å². The highest BCUT2D eigenvalue weighted by Gasteiger charge is 2.23. The number of carbonyl (C=O) groups is 1. The number of amides is 1. The number of hydrogen-bond donors (Lipinski definition) is 1. The maximum atomic E-state index is 11.3. The van der Waals surface area contributed by atoms with Gasteiger partial charge in [-0.2, -0.15) is 0 Å². The SMILES string of the molecule is COC1CCN(C(=O)OCCO)CC1. The van der Waals surface area contributed by atoms with Gasteiger partial charge in [0.25, 0.3) is 0 Å². The number of rotatable bonds is 3. The van der Waals surface area contributed by atoms with E-state index in [2.05, 4.69) is 0 Å². The molecule has 0 saturated carbocycles. The van der Waals surface area contributed by atoms with Crippen LogP contribution in [0.15, 0.2) is 0 Å². The molecule has 0 aromatic carbocycles. The largest absolute Gasteiger partial charge is 0.447 e. The van der Waals surface area contributed by atoms with Crippen LogP contribution < -0.4 is 0 Å². The van der Waals surface area contributed by atoms with Gasteiger partial charge in [-0.25, -0.2) is 4.79 Å². The first-order chi connectivity index (χ1) is 6.77. The second-order valence-corrected chi connectivity index (χ2v) is 3.26. The highest BCUT2D eigenvalue weighted by Crippen LogP contribution is 2.13. The van der Waals surface area contributed by atoms with Crippen LogP contribution in [0.2, 0.25) is 0 Å². The second-order valence-electron chi connectivity index (χ2n) is 3.26. The molecule has 0 unspecified atom stereocenters. The molecule has 0 aromatic heterocycles. The molecule has 1 aliphatic rings. The Kier molecular flexibility index (Phi) is 4.69. The number of methoxy groups -OCH3 is 1. The number of hydrogen-bond acceptors (Lipinski definition) is 4. The number of piperidine rings is 1. The van der Waals surface area contributed by atoms with Gasteiger partial charge in [0.05, 0.1) is 12.7 Å². The lowest BCUT2D eigenvalue weighted by atomic mass is 10.1. The van der Waals surface area contributed by atoms with Gasteiger partial charge in [-0.3, -0.25) is 0 Å². The molecule has 1 rings (SSSR count). The average Bonchev–Trinajstić information content (AvgIpc) is 2.26. The smallest absolute Gasteiger partial charge is 0.409 e. The predicted molar refractivity (Wildman–Crippen MR) is 50.0 cm³/mol. The Balaban J connectivity index is 2.23. The van der Waals surface area contributed by atoms with Crippen molar-refractivity contribution < 1.29 is 19.4 Å². The topological polar surface area (TPSA) is 59.0 Å². The molecule has 0 aliphatic carbocycles. The van der Waals surface area contributed by atoms with Crippen LogP contribution in [0.1, 0.15) is 12.8 Å². The van der Waals surface area contributed by atoms with E-state index in [0.717, 1.165) is 12.8 Å². The summed E-state index contributed by atoms with van der Waals surface area (Å²) >= 11 is 0. The number of nitrogens with zero attached hydrogens (tertiary/aromatic N) is 1. The van der Waals surface area contributed by atoms with Crippen LogP contribution in [-0.2, 0) is 9.47 Å². The molecule has 1 fully saturated rings. The van der Waals surface area contributed by atoms with Crippen molar-refractivity contribution in [2.24, 2.45) is 0 Å². The van der Waals surface area contributed by atoms with E-state index >= 15 is 0 Å². The van der Waals surface area contributed by atoms with Gasteiger partial charge in [-0.1, -0.05) is 0 Å². The molecule has 1 heterocycles. The van der Waals surface area contributed by atoms with Crippen molar-refractivity contribution in [2.75, 3.05) is 33.4 Å². The van der Waals surface area contributed by atoms with Crippen LogP contribution in [0.25, 0.3) is 0 Å². The summed E-state index contributed by atoms with van der Waals surface area (Å²) in [6.07, 6.45) is 1.63. The van der Waals surface area contributed by atoms with E-state index in [1.165, 1.54) is 0 Å². The maximum Gasteiger partial charge on any atom is 0.409 e. The first-order valence-corrected chi connectivity index (χ1v) is 4.83. The number of carbonyl (C=O) groups excluding carboxylic acids is 1. The average molecular weight is 203 g/mol. The fourth-order valence-corrected chi connectivity index (χ4v) is 1.50. The Bertz CT molecular complexity index is 178. The van der Waals surface area contributed by atoms with Crippen molar-refractivity contribution in [2.45, 2.75) is 18.9 Å². The van der Waals surface area contributed by atoms with Crippen LogP contribution in [-0.4, -0.2) is 55.6 Å². The highest BCUT2D eigenvalue weighted by molar-refractivity contribution is 5.67. The van der Waals surface area contributed by atoms with E-state index < -0.39 is 0 Å². The Morgan fingerprint density at radius 1 is 1.50 bits per heavy atom. The number of likely N-dealkylation sites (tertiary alicyclic amines) is 1. The normalized spacial score (nSPS) is 18.3. The third-order valence-corrected chi connectivity index (χ3v) is 2.35. The molecule has 1 aliphatic heterocycles. The first kappa shape index (κ1) is 11.3. The van der Waals surface area contributed by atoms with Gasteiger partial charge >= 0.3 is 6.09 Å². The van der Waals surface area contributed by atoms with E-state index in [1.807, 2.05) is 0 Å². The molecule has 0 aromatic rings. The van der Waals surface area contributed by atoms with Crippen molar-refractivity contribution in [1.29, 1.82) is 0 Å². The van der Waals surface area contributed by atoms with Gasteiger partial charge in [0.1, 0.15) is 6.61 Å².